The quantitative estimate of drug-likeness (QED) is 0.517. The van der Waals surface area contributed by atoms with Gasteiger partial charge in [0.15, 0.2) is 0 Å². The summed E-state index contributed by atoms with van der Waals surface area (Å²) in [4.78, 5) is 22.9. The highest BCUT2D eigenvalue weighted by Crippen LogP contribution is 2.26. The van der Waals surface area contributed by atoms with Crippen LogP contribution < -0.4 is 0 Å². The van der Waals surface area contributed by atoms with Gasteiger partial charge in [0.25, 0.3) is 0 Å². The van der Waals surface area contributed by atoms with Gasteiger partial charge in [0, 0.05) is 11.3 Å². The standard InChI is InChI=1S/C12H23NO4S2/c1-11(2,3)17-9(14)6-12(4,5)13(19)8(7-18)10(15)16/h8,18-19H,6-7H2,1-5H3,(H,15,16)/t8-/m0/s1. The van der Waals surface area contributed by atoms with Crippen molar-refractivity contribution in [1.82, 2.24) is 4.31 Å². The number of esters is 1. The van der Waals surface area contributed by atoms with Gasteiger partial charge in [-0.3, -0.25) is 9.59 Å². The molecule has 0 aliphatic heterocycles. The van der Waals surface area contributed by atoms with E-state index in [1.54, 1.807) is 34.6 Å². The van der Waals surface area contributed by atoms with Crippen LogP contribution in [0.2, 0.25) is 0 Å². The van der Waals surface area contributed by atoms with E-state index < -0.39 is 23.2 Å². The van der Waals surface area contributed by atoms with Crippen molar-refractivity contribution < 1.29 is 19.4 Å². The maximum Gasteiger partial charge on any atom is 0.322 e. The predicted molar refractivity (Wildman–Crippen MR) is 80.6 cm³/mol. The lowest BCUT2D eigenvalue weighted by Crippen LogP contribution is -2.50. The van der Waals surface area contributed by atoms with Crippen LogP contribution in [0.1, 0.15) is 41.0 Å². The molecule has 112 valence electrons. The molecule has 7 heteroatoms. The Morgan fingerprint density at radius 1 is 1.26 bits per heavy atom. The molecule has 0 aromatic carbocycles. The van der Waals surface area contributed by atoms with Crippen molar-refractivity contribution in [3.8, 4) is 0 Å². The predicted octanol–water partition coefficient (Wildman–Crippen LogP) is 2.03. The van der Waals surface area contributed by atoms with Gasteiger partial charge >= 0.3 is 11.9 Å². The van der Waals surface area contributed by atoms with E-state index in [1.165, 1.54) is 4.31 Å². The van der Waals surface area contributed by atoms with E-state index in [-0.39, 0.29) is 18.1 Å². The van der Waals surface area contributed by atoms with E-state index in [0.29, 0.717) is 0 Å². The fourth-order valence-corrected chi connectivity index (χ4v) is 2.19. The van der Waals surface area contributed by atoms with Crippen LogP contribution >= 0.6 is 25.4 Å². The average molecular weight is 309 g/mol. The molecule has 0 aliphatic rings. The van der Waals surface area contributed by atoms with Crippen molar-refractivity contribution in [1.29, 1.82) is 0 Å². The monoisotopic (exact) mass is 309 g/mol. The molecule has 0 aliphatic carbocycles. The average Bonchev–Trinajstić information content (AvgIpc) is 2.13. The van der Waals surface area contributed by atoms with E-state index >= 15 is 0 Å². The second kappa shape index (κ2) is 6.85. The SMILES string of the molecule is CC(C)(C)OC(=O)CC(C)(C)N(S)[C@@H](CS)C(=O)O. The zero-order chi connectivity index (χ0) is 15.4. The van der Waals surface area contributed by atoms with Gasteiger partial charge in [-0.05, 0) is 34.6 Å². The van der Waals surface area contributed by atoms with E-state index in [0.717, 1.165) is 0 Å². The van der Waals surface area contributed by atoms with E-state index in [1.807, 2.05) is 0 Å². The molecule has 0 fully saturated rings. The first-order chi connectivity index (χ1) is 8.40. The molecule has 0 rings (SSSR count). The summed E-state index contributed by atoms with van der Waals surface area (Å²) < 4.78 is 6.57. The molecule has 1 N–H and O–H groups in total. The van der Waals surface area contributed by atoms with Crippen LogP contribution in [0.3, 0.4) is 0 Å². The van der Waals surface area contributed by atoms with Crippen molar-refractivity contribution in [2.45, 2.75) is 58.2 Å². The maximum atomic E-state index is 11.8. The Morgan fingerprint density at radius 2 is 1.74 bits per heavy atom. The molecule has 0 heterocycles. The number of nitrogens with zero attached hydrogens (tertiary/aromatic N) is 1. The first kappa shape index (κ1) is 18.6. The number of hydrogen-bond donors (Lipinski definition) is 3. The van der Waals surface area contributed by atoms with Crippen LogP contribution in [0.4, 0.5) is 0 Å². The number of carbonyl (C=O) groups is 2. The summed E-state index contributed by atoms with van der Waals surface area (Å²) in [5, 5.41) is 9.07. The number of thiol groups is 2. The maximum absolute atomic E-state index is 11.8. The molecular weight excluding hydrogens is 286 g/mol. The van der Waals surface area contributed by atoms with Gasteiger partial charge in [0.2, 0.25) is 0 Å². The third-order valence-electron chi connectivity index (χ3n) is 2.37. The Bertz CT molecular complexity index is 339. The summed E-state index contributed by atoms with van der Waals surface area (Å²) >= 11 is 8.21. The summed E-state index contributed by atoms with van der Waals surface area (Å²) in [7, 11) is 0. The second-order valence-corrected chi connectivity index (χ2v) is 6.75. The molecule has 19 heavy (non-hydrogen) atoms. The smallest absolute Gasteiger partial charge is 0.322 e. The zero-order valence-electron chi connectivity index (χ0n) is 12.0. The van der Waals surface area contributed by atoms with Gasteiger partial charge in [0.1, 0.15) is 11.6 Å². The summed E-state index contributed by atoms with van der Waals surface area (Å²) in [5.74, 6) is -1.31. The highest BCUT2D eigenvalue weighted by Gasteiger charge is 2.36. The van der Waals surface area contributed by atoms with Crippen molar-refractivity contribution in [2.24, 2.45) is 0 Å². The third-order valence-corrected chi connectivity index (χ3v) is 3.54. The molecule has 5 nitrogen and oxygen atoms in total. The highest BCUT2D eigenvalue weighted by atomic mass is 32.1. The molecule has 1 atom stereocenters. The number of rotatable bonds is 6. The molecule has 0 aromatic rings. The number of carboxylic acids is 1. The largest absolute Gasteiger partial charge is 0.480 e. The minimum absolute atomic E-state index is 0.0470. The van der Waals surface area contributed by atoms with Gasteiger partial charge in [0.05, 0.1) is 6.42 Å². The third kappa shape index (κ3) is 6.54. The summed E-state index contributed by atoms with van der Waals surface area (Å²) in [6, 6.07) is -0.871. The van der Waals surface area contributed by atoms with E-state index in [4.69, 9.17) is 9.84 Å². The normalized spacial score (nSPS) is 14.3. The van der Waals surface area contributed by atoms with Crippen LogP contribution in [-0.4, -0.2) is 44.3 Å². The molecule has 0 saturated heterocycles. The Kier molecular flexibility index (Phi) is 6.71. The van der Waals surface area contributed by atoms with Crippen LogP contribution in [0.15, 0.2) is 0 Å². The Balaban J connectivity index is 4.78. The van der Waals surface area contributed by atoms with Crippen LogP contribution in [-0.2, 0) is 14.3 Å². The topological polar surface area (TPSA) is 66.8 Å². The minimum atomic E-state index is -1.03. The van der Waals surface area contributed by atoms with Crippen LogP contribution in [0.5, 0.6) is 0 Å². The lowest BCUT2D eigenvalue weighted by atomic mass is 9.99. The summed E-state index contributed by atoms with van der Waals surface area (Å²) in [6.07, 6.45) is 0.0470. The molecule has 0 radical (unpaired) electrons. The Hall–Kier alpha value is -0.400. The fourth-order valence-electron chi connectivity index (χ4n) is 1.49. The van der Waals surface area contributed by atoms with Crippen molar-refractivity contribution in [3.63, 3.8) is 0 Å². The molecule has 0 amide bonds. The number of ether oxygens (including phenoxy) is 1. The summed E-state index contributed by atoms with van der Waals surface area (Å²) in [6.45, 7) is 8.82. The number of carbonyl (C=O) groups excluding carboxylic acids is 1. The van der Waals surface area contributed by atoms with Gasteiger partial charge in [-0.25, -0.2) is 4.31 Å². The van der Waals surface area contributed by atoms with Crippen molar-refractivity contribution in [2.75, 3.05) is 5.75 Å². The molecule has 0 unspecified atom stereocenters. The molecule has 0 saturated carbocycles. The van der Waals surface area contributed by atoms with Gasteiger partial charge in [-0.15, -0.1) is 0 Å². The van der Waals surface area contributed by atoms with E-state index in [2.05, 4.69) is 25.4 Å². The van der Waals surface area contributed by atoms with Gasteiger partial charge in [-0.1, -0.05) is 12.8 Å². The minimum Gasteiger partial charge on any atom is -0.480 e. The van der Waals surface area contributed by atoms with Crippen LogP contribution in [0, 0.1) is 0 Å². The molecule has 0 bridgehead atoms. The van der Waals surface area contributed by atoms with Gasteiger partial charge in [-0.2, -0.15) is 12.6 Å². The number of carboxylic acid groups (broad SMARTS) is 1. The molecule has 0 spiro atoms. The fraction of sp³-hybridized carbons (Fsp3) is 0.833. The van der Waals surface area contributed by atoms with E-state index in [9.17, 15) is 9.59 Å². The lowest BCUT2D eigenvalue weighted by molar-refractivity contribution is -0.158. The Labute approximate surface area is 125 Å². The molecule has 0 aromatic heterocycles. The molecular formula is C12H23NO4S2. The van der Waals surface area contributed by atoms with Crippen LogP contribution in [0.25, 0.3) is 0 Å². The Morgan fingerprint density at radius 3 is 2.05 bits per heavy atom. The second-order valence-electron chi connectivity index (χ2n) is 5.96. The van der Waals surface area contributed by atoms with Gasteiger partial charge < -0.3 is 9.84 Å². The van der Waals surface area contributed by atoms with Crippen molar-refractivity contribution in [3.05, 3.63) is 0 Å². The number of hydrogen-bond acceptors (Lipinski definition) is 6. The zero-order valence-corrected chi connectivity index (χ0v) is 13.8. The highest BCUT2D eigenvalue weighted by molar-refractivity contribution is 7.80. The lowest BCUT2D eigenvalue weighted by Gasteiger charge is -2.37. The summed E-state index contributed by atoms with van der Waals surface area (Å²) in [5.41, 5.74) is -1.32. The number of aliphatic carboxylic acids is 1. The first-order valence-electron chi connectivity index (χ1n) is 5.94. The first-order valence-corrected chi connectivity index (χ1v) is 6.97. The van der Waals surface area contributed by atoms with Crippen molar-refractivity contribution >= 4 is 37.4 Å².